The van der Waals surface area contributed by atoms with Gasteiger partial charge in [0, 0.05) is 38.9 Å². The number of carbonyl (C=O) groups excluding carboxylic acids is 2. The number of aromatic nitrogens is 1. The molecular formula is C26H32N4O3. The molecule has 1 aromatic carbocycles. The van der Waals surface area contributed by atoms with Crippen LogP contribution in [0.3, 0.4) is 0 Å². The van der Waals surface area contributed by atoms with Gasteiger partial charge in [-0.2, -0.15) is 0 Å². The summed E-state index contributed by atoms with van der Waals surface area (Å²) in [7, 11) is 0. The molecule has 2 aliphatic heterocycles. The Morgan fingerprint density at radius 1 is 0.879 bits per heavy atom. The number of ether oxygens (including phenoxy) is 1. The van der Waals surface area contributed by atoms with E-state index >= 15 is 0 Å². The van der Waals surface area contributed by atoms with Gasteiger partial charge < -0.3 is 14.5 Å². The van der Waals surface area contributed by atoms with Gasteiger partial charge in [-0.15, -0.1) is 0 Å². The highest BCUT2D eigenvalue weighted by Gasteiger charge is 2.41. The SMILES string of the molecule is CCCCN1C(=O)C(c2ccc(OCCC)cc2)=C(N2CCN(c3ccccn3)CC2)C1=O. The molecule has 2 amide bonds. The van der Waals surface area contributed by atoms with E-state index in [1.54, 1.807) is 6.20 Å². The first kappa shape index (κ1) is 22.8. The number of hydrogen-bond donors (Lipinski definition) is 0. The van der Waals surface area contributed by atoms with Gasteiger partial charge in [0.05, 0.1) is 12.2 Å². The van der Waals surface area contributed by atoms with Crippen LogP contribution in [0.4, 0.5) is 5.82 Å². The van der Waals surface area contributed by atoms with Crippen molar-refractivity contribution in [2.75, 3.05) is 44.2 Å². The number of nitrogens with zero attached hydrogens (tertiary/aromatic N) is 4. The number of hydrogen-bond acceptors (Lipinski definition) is 6. The van der Waals surface area contributed by atoms with Crippen LogP contribution in [0, 0.1) is 0 Å². The summed E-state index contributed by atoms with van der Waals surface area (Å²) < 4.78 is 5.69. The molecule has 0 spiro atoms. The Kier molecular flexibility index (Phi) is 7.27. The summed E-state index contributed by atoms with van der Waals surface area (Å²) in [6.07, 6.45) is 4.45. The molecule has 0 radical (unpaired) electrons. The first-order valence-electron chi connectivity index (χ1n) is 11.9. The highest BCUT2D eigenvalue weighted by Crippen LogP contribution is 2.33. The van der Waals surface area contributed by atoms with E-state index < -0.39 is 0 Å². The van der Waals surface area contributed by atoms with Crippen LogP contribution >= 0.6 is 0 Å². The summed E-state index contributed by atoms with van der Waals surface area (Å²) in [5, 5.41) is 0. The lowest BCUT2D eigenvalue weighted by Crippen LogP contribution is -2.48. The topological polar surface area (TPSA) is 66.0 Å². The van der Waals surface area contributed by atoms with Crippen molar-refractivity contribution in [3.8, 4) is 5.75 Å². The third-order valence-electron chi connectivity index (χ3n) is 6.06. The number of pyridine rings is 1. The number of anilines is 1. The first-order chi connectivity index (χ1) is 16.1. The maximum Gasteiger partial charge on any atom is 0.277 e. The molecule has 174 valence electrons. The molecule has 0 atom stereocenters. The van der Waals surface area contributed by atoms with E-state index in [2.05, 4.69) is 28.6 Å². The molecule has 33 heavy (non-hydrogen) atoms. The standard InChI is InChI=1S/C26H32N4O3/c1-3-5-14-30-25(31)23(20-9-11-21(12-10-20)33-19-4-2)24(26(30)32)29-17-15-28(16-18-29)22-8-6-7-13-27-22/h6-13H,3-5,14-19H2,1-2H3. The lowest BCUT2D eigenvalue weighted by molar-refractivity contribution is -0.137. The maximum absolute atomic E-state index is 13.4. The molecule has 2 aromatic rings. The average molecular weight is 449 g/mol. The second kappa shape index (κ2) is 10.5. The van der Waals surface area contributed by atoms with Crippen molar-refractivity contribution in [3.63, 3.8) is 0 Å². The fraction of sp³-hybridized carbons (Fsp3) is 0.423. The zero-order valence-electron chi connectivity index (χ0n) is 19.5. The lowest BCUT2D eigenvalue weighted by Gasteiger charge is -2.37. The van der Waals surface area contributed by atoms with Crippen LogP contribution in [0.2, 0.25) is 0 Å². The highest BCUT2D eigenvalue weighted by atomic mass is 16.5. The first-order valence-corrected chi connectivity index (χ1v) is 11.9. The van der Waals surface area contributed by atoms with E-state index in [9.17, 15) is 9.59 Å². The van der Waals surface area contributed by atoms with Crippen LogP contribution in [0.25, 0.3) is 5.57 Å². The van der Waals surface area contributed by atoms with Crippen molar-refractivity contribution in [2.24, 2.45) is 0 Å². The minimum Gasteiger partial charge on any atom is -0.494 e. The second-order valence-electron chi connectivity index (χ2n) is 8.37. The van der Waals surface area contributed by atoms with Crippen LogP contribution in [-0.2, 0) is 9.59 Å². The van der Waals surface area contributed by atoms with Gasteiger partial charge in [-0.1, -0.05) is 38.5 Å². The van der Waals surface area contributed by atoms with E-state index in [-0.39, 0.29) is 11.8 Å². The summed E-state index contributed by atoms with van der Waals surface area (Å²) >= 11 is 0. The summed E-state index contributed by atoms with van der Waals surface area (Å²) in [5.74, 6) is 1.33. The van der Waals surface area contributed by atoms with Crippen molar-refractivity contribution in [1.29, 1.82) is 0 Å². The van der Waals surface area contributed by atoms with E-state index in [0.717, 1.165) is 49.5 Å². The van der Waals surface area contributed by atoms with Gasteiger partial charge in [-0.05, 0) is 42.7 Å². The summed E-state index contributed by atoms with van der Waals surface area (Å²) in [5.41, 5.74) is 1.79. The Morgan fingerprint density at radius 2 is 1.61 bits per heavy atom. The van der Waals surface area contributed by atoms with Crippen molar-refractivity contribution in [3.05, 3.63) is 59.9 Å². The zero-order valence-corrected chi connectivity index (χ0v) is 19.5. The molecule has 0 N–H and O–H groups in total. The minimum atomic E-state index is -0.196. The van der Waals surface area contributed by atoms with Gasteiger partial charge in [-0.3, -0.25) is 14.5 Å². The van der Waals surface area contributed by atoms with Crippen LogP contribution in [-0.4, -0.2) is 65.9 Å². The molecule has 0 unspecified atom stereocenters. The molecule has 0 bridgehead atoms. The third kappa shape index (κ3) is 4.87. The number of benzene rings is 1. The Bertz CT molecular complexity index is 996. The molecule has 0 aliphatic carbocycles. The minimum absolute atomic E-state index is 0.180. The third-order valence-corrected chi connectivity index (χ3v) is 6.06. The monoisotopic (exact) mass is 448 g/mol. The van der Waals surface area contributed by atoms with Crippen LogP contribution in [0.15, 0.2) is 54.4 Å². The number of imide groups is 1. The van der Waals surface area contributed by atoms with E-state index in [0.29, 0.717) is 37.5 Å². The largest absolute Gasteiger partial charge is 0.494 e. The quantitative estimate of drug-likeness (QED) is 0.547. The molecule has 4 rings (SSSR count). The molecular weight excluding hydrogens is 416 g/mol. The molecule has 2 aliphatic rings. The van der Waals surface area contributed by atoms with Crippen molar-refractivity contribution < 1.29 is 14.3 Å². The van der Waals surface area contributed by atoms with Gasteiger partial charge in [0.25, 0.3) is 11.8 Å². The van der Waals surface area contributed by atoms with Crippen LogP contribution < -0.4 is 9.64 Å². The number of amides is 2. The van der Waals surface area contributed by atoms with Crippen molar-refractivity contribution in [1.82, 2.24) is 14.8 Å². The predicted octanol–water partition coefficient (Wildman–Crippen LogP) is 3.57. The number of carbonyl (C=O) groups is 2. The predicted molar refractivity (Wildman–Crippen MR) is 129 cm³/mol. The zero-order chi connectivity index (χ0) is 23.2. The smallest absolute Gasteiger partial charge is 0.277 e. The fourth-order valence-corrected chi connectivity index (χ4v) is 4.27. The number of piperazine rings is 1. The molecule has 1 aromatic heterocycles. The molecule has 3 heterocycles. The molecule has 1 fully saturated rings. The van der Waals surface area contributed by atoms with Crippen molar-refractivity contribution in [2.45, 2.75) is 33.1 Å². The Labute approximate surface area is 195 Å². The molecule has 7 nitrogen and oxygen atoms in total. The summed E-state index contributed by atoms with van der Waals surface area (Å²) in [6, 6.07) is 13.4. The summed E-state index contributed by atoms with van der Waals surface area (Å²) in [6.45, 7) is 8.03. The fourth-order valence-electron chi connectivity index (χ4n) is 4.27. The maximum atomic E-state index is 13.4. The Balaban J connectivity index is 1.60. The average Bonchev–Trinajstić information content (AvgIpc) is 3.11. The van der Waals surface area contributed by atoms with E-state index in [1.165, 1.54) is 4.90 Å². The Morgan fingerprint density at radius 3 is 2.24 bits per heavy atom. The Hall–Kier alpha value is -3.35. The van der Waals surface area contributed by atoms with Gasteiger partial charge in [0.1, 0.15) is 17.3 Å². The van der Waals surface area contributed by atoms with Gasteiger partial charge >= 0.3 is 0 Å². The van der Waals surface area contributed by atoms with Gasteiger partial charge in [0.2, 0.25) is 0 Å². The normalized spacial score (nSPS) is 16.7. The molecule has 7 heteroatoms. The lowest BCUT2D eigenvalue weighted by atomic mass is 10.0. The number of rotatable bonds is 9. The van der Waals surface area contributed by atoms with Gasteiger partial charge in [-0.25, -0.2) is 4.98 Å². The second-order valence-corrected chi connectivity index (χ2v) is 8.37. The highest BCUT2D eigenvalue weighted by molar-refractivity contribution is 6.35. The number of unbranched alkanes of at least 4 members (excludes halogenated alkanes) is 1. The summed E-state index contributed by atoms with van der Waals surface area (Å²) in [4.78, 5) is 37.0. The molecule has 0 saturated carbocycles. The van der Waals surface area contributed by atoms with Gasteiger partial charge in [0.15, 0.2) is 0 Å². The van der Waals surface area contributed by atoms with Crippen molar-refractivity contribution >= 4 is 23.2 Å². The van der Waals surface area contributed by atoms with Crippen LogP contribution in [0.1, 0.15) is 38.7 Å². The van der Waals surface area contributed by atoms with Crippen LogP contribution in [0.5, 0.6) is 5.75 Å². The van der Waals surface area contributed by atoms with E-state index in [4.69, 9.17) is 4.74 Å². The van der Waals surface area contributed by atoms with E-state index in [1.807, 2.05) is 42.5 Å². The molecule has 1 saturated heterocycles.